The Bertz CT molecular complexity index is 414. The first-order valence-corrected chi connectivity index (χ1v) is 6.72. The summed E-state index contributed by atoms with van der Waals surface area (Å²) in [6, 6.07) is 0.389. The van der Waals surface area contributed by atoms with E-state index in [1.54, 1.807) is 11.9 Å². The fourth-order valence-corrected chi connectivity index (χ4v) is 2.04. The lowest BCUT2D eigenvalue weighted by Crippen LogP contribution is -2.37. The Kier molecular flexibility index (Phi) is 4.73. The van der Waals surface area contributed by atoms with Crippen molar-refractivity contribution < 1.29 is 9.21 Å². The van der Waals surface area contributed by atoms with Crippen molar-refractivity contribution in [1.29, 1.82) is 0 Å². The molecular weight excluding hydrogens is 246 g/mol. The molecule has 19 heavy (non-hydrogen) atoms. The van der Waals surface area contributed by atoms with Gasteiger partial charge in [0, 0.05) is 20.1 Å². The second kappa shape index (κ2) is 6.51. The molecule has 0 bridgehead atoms. The molecule has 1 fully saturated rings. The van der Waals surface area contributed by atoms with Gasteiger partial charge in [-0.05, 0) is 19.4 Å². The predicted octanol–water partition coefficient (Wildman–Crippen LogP) is 0.238. The van der Waals surface area contributed by atoms with Crippen molar-refractivity contribution in [1.82, 2.24) is 20.4 Å². The largest absolute Gasteiger partial charge is 0.407 e. The van der Waals surface area contributed by atoms with E-state index in [9.17, 15) is 4.79 Å². The molecule has 1 aromatic rings. The maximum absolute atomic E-state index is 12.0. The Morgan fingerprint density at radius 1 is 1.42 bits per heavy atom. The third-order valence-corrected chi connectivity index (χ3v) is 3.14. The van der Waals surface area contributed by atoms with Gasteiger partial charge in [-0.15, -0.1) is 5.10 Å². The van der Waals surface area contributed by atoms with E-state index in [0.717, 1.165) is 32.5 Å². The van der Waals surface area contributed by atoms with Gasteiger partial charge in [0.25, 0.3) is 0 Å². The number of likely N-dealkylation sites (tertiary alicyclic amines) is 1. The van der Waals surface area contributed by atoms with Crippen molar-refractivity contribution in [2.24, 2.45) is 0 Å². The molecule has 7 nitrogen and oxygen atoms in total. The van der Waals surface area contributed by atoms with Crippen LogP contribution in [-0.4, -0.2) is 54.2 Å². The van der Waals surface area contributed by atoms with E-state index in [2.05, 4.69) is 15.5 Å². The lowest BCUT2D eigenvalue weighted by atomic mass is 10.4. The number of aromatic nitrogens is 2. The third-order valence-electron chi connectivity index (χ3n) is 3.14. The minimum Gasteiger partial charge on any atom is -0.407 e. The fourth-order valence-electron chi connectivity index (χ4n) is 2.04. The van der Waals surface area contributed by atoms with Crippen LogP contribution in [0.1, 0.15) is 25.7 Å². The van der Waals surface area contributed by atoms with E-state index >= 15 is 0 Å². The molecule has 0 saturated carbocycles. The molecule has 1 saturated heterocycles. The molecule has 0 aromatic carbocycles. The monoisotopic (exact) mass is 267 g/mol. The smallest absolute Gasteiger partial charge is 0.318 e. The van der Waals surface area contributed by atoms with Crippen LogP contribution < -0.4 is 10.2 Å². The highest BCUT2D eigenvalue weighted by molar-refractivity contribution is 5.80. The highest BCUT2D eigenvalue weighted by Gasteiger charge is 2.21. The number of carbonyl (C=O) groups excluding carboxylic acids is 1. The van der Waals surface area contributed by atoms with Gasteiger partial charge in [0.2, 0.25) is 11.8 Å². The summed E-state index contributed by atoms with van der Waals surface area (Å²) in [5.74, 6) is 0.656. The molecule has 2 rings (SSSR count). The third kappa shape index (κ3) is 3.66. The first kappa shape index (κ1) is 13.8. The SMILES string of the molecule is CCNCc1nnc(N(C)CC(=O)N2CCCC2)o1. The zero-order chi connectivity index (χ0) is 13.7. The summed E-state index contributed by atoms with van der Waals surface area (Å²) in [6.07, 6.45) is 2.20. The molecule has 1 amide bonds. The van der Waals surface area contributed by atoms with Gasteiger partial charge in [-0.2, -0.15) is 0 Å². The van der Waals surface area contributed by atoms with Crippen LogP contribution in [0.15, 0.2) is 4.42 Å². The van der Waals surface area contributed by atoms with E-state index < -0.39 is 0 Å². The molecule has 1 N–H and O–H groups in total. The molecule has 106 valence electrons. The number of hydrogen-bond donors (Lipinski definition) is 1. The lowest BCUT2D eigenvalue weighted by Gasteiger charge is -2.19. The zero-order valence-corrected chi connectivity index (χ0v) is 11.6. The molecular formula is C12H21N5O2. The van der Waals surface area contributed by atoms with Crippen molar-refractivity contribution in [3.8, 4) is 0 Å². The van der Waals surface area contributed by atoms with Gasteiger partial charge in [0.05, 0.1) is 6.54 Å². The molecule has 7 heteroatoms. The molecule has 0 unspecified atom stereocenters. The van der Waals surface area contributed by atoms with E-state index in [1.165, 1.54) is 0 Å². The van der Waals surface area contributed by atoms with Gasteiger partial charge in [0.15, 0.2) is 0 Å². The maximum atomic E-state index is 12.0. The molecule has 1 aliphatic rings. The average Bonchev–Trinajstić information content (AvgIpc) is 3.07. The Morgan fingerprint density at radius 3 is 2.84 bits per heavy atom. The number of carbonyl (C=O) groups is 1. The van der Waals surface area contributed by atoms with Crippen molar-refractivity contribution in [2.75, 3.05) is 38.1 Å². The number of amides is 1. The predicted molar refractivity (Wildman–Crippen MR) is 70.8 cm³/mol. The highest BCUT2D eigenvalue weighted by Crippen LogP contribution is 2.12. The summed E-state index contributed by atoms with van der Waals surface area (Å²) in [6.45, 7) is 5.42. The van der Waals surface area contributed by atoms with Gasteiger partial charge >= 0.3 is 6.01 Å². The molecule has 0 spiro atoms. The van der Waals surface area contributed by atoms with Gasteiger partial charge in [-0.1, -0.05) is 12.0 Å². The Hall–Kier alpha value is -1.63. The van der Waals surface area contributed by atoms with E-state index in [4.69, 9.17) is 4.42 Å². The summed E-state index contributed by atoms with van der Waals surface area (Å²) >= 11 is 0. The summed E-state index contributed by atoms with van der Waals surface area (Å²) in [5, 5.41) is 11.0. The summed E-state index contributed by atoms with van der Waals surface area (Å²) in [7, 11) is 1.79. The minimum absolute atomic E-state index is 0.117. The van der Waals surface area contributed by atoms with Crippen molar-refractivity contribution in [3.63, 3.8) is 0 Å². The van der Waals surface area contributed by atoms with Crippen molar-refractivity contribution >= 4 is 11.9 Å². The van der Waals surface area contributed by atoms with Crippen LogP contribution in [-0.2, 0) is 11.3 Å². The van der Waals surface area contributed by atoms with Crippen molar-refractivity contribution in [3.05, 3.63) is 5.89 Å². The average molecular weight is 267 g/mol. The highest BCUT2D eigenvalue weighted by atomic mass is 16.4. The Morgan fingerprint density at radius 2 is 2.16 bits per heavy atom. The molecule has 0 radical (unpaired) electrons. The standard InChI is InChI=1S/C12H21N5O2/c1-3-13-8-10-14-15-12(19-10)16(2)9-11(18)17-6-4-5-7-17/h13H,3-9H2,1-2H3. The summed E-state index contributed by atoms with van der Waals surface area (Å²) in [5.41, 5.74) is 0. The summed E-state index contributed by atoms with van der Waals surface area (Å²) < 4.78 is 5.48. The summed E-state index contributed by atoms with van der Waals surface area (Å²) in [4.78, 5) is 15.6. The number of nitrogens with zero attached hydrogens (tertiary/aromatic N) is 4. The van der Waals surface area contributed by atoms with Crippen LogP contribution in [0.3, 0.4) is 0 Å². The van der Waals surface area contributed by atoms with Gasteiger partial charge < -0.3 is 19.5 Å². The van der Waals surface area contributed by atoms with Crippen LogP contribution >= 0.6 is 0 Å². The number of anilines is 1. The Balaban J connectivity index is 1.86. The van der Waals surface area contributed by atoms with Crippen LogP contribution in [0.2, 0.25) is 0 Å². The number of rotatable bonds is 6. The lowest BCUT2D eigenvalue weighted by molar-refractivity contribution is -0.128. The molecule has 2 heterocycles. The second-order valence-corrected chi connectivity index (χ2v) is 4.70. The van der Waals surface area contributed by atoms with E-state index in [0.29, 0.717) is 18.5 Å². The number of hydrogen-bond acceptors (Lipinski definition) is 6. The van der Waals surface area contributed by atoms with Crippen LogP contribution in [0, 0.1) is 0 Å². The molecule has 0 atom stereocenters. The fraction of sp³-hybridized carbons (Fsp3) is 0.750. The van der Waals surface area contributed by atoms with Gasteiger partial charge in [-0.25, -0.2) is 0 Å². The topological polar surface area (TPSA) is 74.5 Å². The maximum Gasteiger partial charge on any atom is 0.318 e. The number of nitrogens with one attached hydrogen (secondary N) is 1. The van der Waals surface area contributed by atoms with E-state index in [-0.39, 0.29) is 12.5 Å². The van der Waals surface area contributed by atoms with Gasteiger partial charge in [0.1, 0.15) is 6.54 Å². The quantitative estimate of drug-likeness (QED) is 0.795. The number of likely N-dealkylation sites (N-methyl/N-ethyl adjacent to an activating group) is 1. The van der Waals surface area contributed by atoms with E-state index in [1.807, 2.05) is 11.8 Å². The van der Waals surface area contributed by atoms with Crippen LogP contribution in [0.4, 0.5) is 6.01 Å². The zero-order valence-electron chi connectivity index (χ0n) is 11.6. The minimum atomic E-state index is 0.117. The van der Waals surface area contributed by atoms with Gasteiger partial charge in [-0.3, -0.25) is 4.79 Å². The van der Waals surface area contributed by atoms with Crippen LogP contribution in [0.5, 0.6) is 0 Å². The molecule has 0 aliphatic carbocycles. The molecule has 1 aliphatic heterocycles. The van der Waals surface area contributed by atoms with Crippen LogP contribution in [0.25, 0.3) is 0 Å². The van der Waals surface area contributed by atoms with Crippen molar-refractivity contribution in [2.45, 2.75) is 26.3 Å². The first-order chi connectivity index (χ1) is 9.20. The normalized spacial score (nSPS) is 14.9. The first-order valence-electron chi connectivity index (χ1n) is 6.72. The molecule has 1 aromatic heterocycles. The second-order valence-electron chi connectivity index (χ2n) is 4.70. The Labute approximate surface area is 113 Å².